The van der Waals surface area contributed by atoms with E-state index in [-0.39, 0.29) is 12.1 Å². The van der Waals surface area contributed by atoms with Crippen molar-refractivity contribution in [3.05, 3.63) is 84.4 Å². The molecule has 0 atom stereocenters. The molecule has 0 aromatic heterocycles. The second-order valence-electron chi connectivity index (χ2n) is 8.79. The number of rotatable bonds is 10. The normalized spacial score (nSPS) is 12.0. The molecule has 0 amide bonds. The van der Waals surface area contributed by atoms with E-state index in [1.54, 1.807) is 0 Å². The van der Waals surface area contributed by atoms with Crippen molar-refractivity contribution < 1.29 is 18.5 Å². The lowest BCUT2D eigenvalue weighted by Gasteiger charge is -2.37. The summed E-state index contributed by atoms with van der Waals surface area (Å²) in [5.74, 6) is -0.357. The van der Waals surface area contributed by atoms with Crippen molar-refractivity contribution in [1.29, 1.82) is 0 Å². The van der Waals surface area contributed by atoms with Gasteiger partial charge in [-0.2, -0.15) is 0 Å². The highest BCUT2D eigenvalue weighted by molar-refractivity contribution is 5.81. The average Bonchev–Trinajstić information content (AvgIpc) is 2.61. The van der Waals surface area contributed by atoms with Crippen LogP contribution in [-0.2, 0) is 22.6 Å². The van der Waals surface area contributed by atoms with Gasteiger partial charge in [-0.25, -0.2) is 4.79 Å². The van der Waals surface area contributed by atoms with Crippen LogP contribution in [0.4, 0.5) is 0 Å². The number of hydrogen-bond acceptors (Lipinski definition) is 2. The SMILES string of the molecule is C=CC(=O)OC(C[N+](C)(C)Cc1ccccc1)C[N+](C)(C)Cc1ccccc1. The first-order chi connectivity index (χ1) is 13.2. The van der Waals surface area contributed by atoms with E-state index in [2.05, 4.69) is 83.3 Å². The second-order valence-corrected chi connectivity index (χ2v) is 8.79. The van der Waals surface area contributed by atoms with Gasteiger partial charge in [0.1, 0.15) is 26.2 Å². The topological polar surface area (TPSA) is 26.3 Å². The van der Waals surface area contributed by atoms with E-state index in [1.807, 2.05) is 12.1 Å². The first-order valence-electron chi connectivity index (χ1n) is 9.74. The molecule has 0 aliphatic rings. The summed E-state index contributed by atoms with van der Waals surface area (Å²) in [5.41, 5.74) is 2.55. The Morgan fingerprint density at radius 1 is 0.857 bits per heavy atom. The number of carbonyl (C=O) groups is 1. The minimum absolute atomic E-state index is 0.192. The lowest BCUT2D eigenvalue weighted by molar-refractivity contribution is -0.927. The monoisotopic (exact) mass is 382 g/mol. The second kappa shape index (κ2) is 9.67. The molecule has 0 aliphatic carbocycles. The molecule has 0 bridgehead atoms. The Morgan fingerprint density at radius 2 is 1.25 bits per heavy atom. The van der Waals surface area contributed by atoms with Gasteiger partial charge in [0.05, 0.1) is 28.2 Å². The highest BCUT2D eigenvalue weighted by atomic mass is 16.5. The first-order valence-corrected chi connectivity index (χ1v) is 9.74. The maximum atomic E-state index is 12.0. The highest BCUT2D eigenvalue weighted by Crippen LogP contribution is 2.16. The Labute approximate surface area is 169 Å². The molecule has 0 heterocycles. The molecule has 0 saturated heterocycles. The van der Waals surface area contributed by atoms with Crippen LogP contribution in [-0.4, -0.2) is 62.3 Å². The van der Waals surface area contributed by atoms with Gasteiger partial charge in [0, 0.05) is 17.2 Å². The lowest BCUT2D eigenvalue weighted by atomic mass is 10.1. The summed E-state index contributed by atoms with van der Waals surface area (Å²) < 4.78 is 7.24. The van der Waals surface area contributed by atoms with Gasteiger partial charge in [-0.3, -0.25) is 0 Å². The van der Waals surface area contributed by atoms with Crippen LogP contribution in [0.3, 0.4) is 0 Å². The van der Waals surface area contributed by atoms with E-state index in [0.717, 1.165) is 35.1 Å². The fourth-order valence-corrected chi connectivity index (χ4v) is 3.73. The number of nitrogens with zero attached hydrogens (tertiary/aromatic N) is 2. The predicted octanol–water partition coefficient (Wildman–Crippen LogP) is 3.64. The number of benzene rings is 2. The summed E-state index contributed by atoms with van der Waals surface area (Å²) in [4.78, 5) is 12.0. The summed E-state index contributed by atoms with van der Waals surface area (Å²) in [7, 11) is 8.72. The molecule has 0 unspecified atom stereocenters. The van der Waals surface area contributed by atoms with E-state index in [0.29, 0.717) is 0 Å². The van der Waals surface area contributed by atoms with Gasteiger partial charge in [0.25, 0.3) is 0 Å². The van der Waals surface area contributed by atoms with E-state index in [1.165, 1.54) is 17.2 Å². The van der Waals surface area contributed by atoms with Gasteiger partial charge in [-0.05, 0) is 0 Å². The predicted molar refractivity (Wildman–Crippen MR) is 114 cm³/mol. The van der Waals surface area contributed by atoms with E-state index in [9.17, 15) is 4.79 Å². The van der Waals surface area contributed by atoms with Crippen molar-refractivity contribution in [2.75, 3.05) is 41.3 Å². The van der Waals surface area contributed by atoms with E-state index < -0.39 is 0 Å². The van der Waals surface area contributed by atoms with Crippen molar-refractivity contribution in [3.63, 3.8) is 0 Å². The van der Waals surface area contributed by atoms with Crippen molar-refractivity contribution in [2.24, 2.45) is 0 Å². The van der Waals surface area contributed by atoms with Gasteiger partial charge < -0.3 is 13.7 Å². The zero-order valence-electron chi connectivity index (χ0n) is 17.7. The molecule has 2 aromatic rings. The van der Waals surface area contributed by atoms with Crippen LogP contribution in [0.1, 0.15) is 11.1 Å². The summed E-state index contributed by atoms with van der Waals surface area (Å²) in [5, 5.41) is 0. The van der Waals surface area contributed by atoms with E-state index in [4.69, 9.17) is 4.74 Å². The first kappa shape index (κ1) is 21.9. The van der Waals surface area contributed by atoms with Crippen LogP contribution >= 0.6 is 0 Å². The number of carbonyl (C=O) groups excluding carboxylic acids is 1. The summed E-state index contributed by atoms with van der Waals surface area (Å²) in [6.45, 7) is 6.81. The van der Waals surface area contributed by atoms with Crippen LogP contribution < -0.4 is 0 Å². The van der Waals surface area contributed by atoms with Crippen molar-refractivity contribution in [1.82, 2.24) is 0 Å². The van der Waals surface area contributed by atoms with Crippen molar-refractivity contribution in [3.8, 4) is 0 Å². The summed E-state index contributed by atoms with van der Waals surface area (Å²) in [6, 6.07) is 20.9. The molecule has 0 N–H and O–H groups in total. The molecule has 4 nitrogen and oxygen atoms in total. The van der Waals surface area contributed by atoms with Crippen LogP contribution in [0.2, 0.25) is 0 Å². The molecule has 0 saturated carbocycles. The van der Waals surface area contributed by atoms with Crippen LogP contribution in [0, 0.1) is 0 Å². The number of likely N-dealkylation sites (N-methyl/N-ethyl adjacent to an activating group) is 2. The molecular weight excluding hydrogens is 348 g/mol. The fraction of sp³-hybridized carbons (Fsp3) is 0.375. The van der Waals surface area contributed by atoms with Gasteiger partial charge >= 0.3 is 5.97 Å². The largest absolute Gasteiger partial charge is 0.447 e. The van der Waals surface area contributed by atoms with Gasteiger partial charge in [-0.15, -0.1) is 0 Å². The Balaban J connectivity index is 2.09. The Morgan fingerprint density at radius 3 is 1.61 bits per heavy atom. The Hall–Kier alpha value is -2.43. The molecule has 2 aromatic carbocycles. The Bertz CT molecular complexity index is 699. The molecule has 0 fully saturated rings. The fourth-order valence-electron chi connectivity index (χ4n) is 3.73. The molecule has 0 aliphatic heterocycles. The zero-order valence-corrected chi connectivity index (χ0v) is 17.7. The molecule has 28 heavy (non-hydrogen) atoms. The van der Waals surface area contributed by atoms with Crippen molar-refractivity contribution in [2.45, 2.75) is 19.2 Å². The van der Waals surface area contributed by atoms with Gasteiger partial charge in [0.15, 0.2) is 6.10 Å². The lowest BCUT2D eigenvalue weighted by Crippen LogP contribution is -2.53. The number of hydrogen-bond donors (Lipinski definition) is 0. The van der Waals surface area contributed by atoms with Crippen LogP contribution in [0.15, 0.2) is 73.3 Å². The van der Waals surface area contributed by atoms with Gasteiger partial charge in [0.2, 0.25) is 0 Å². The molecule has 150 valence electrons. The third kappa shape index (κ3) is 7.67. The number of ether oxygens (including phenoxy) is 1. The van der Waals surface area contributed by atoms with Crippen LogP contribution in [0.5, 0.6) is 0 Å². The quantitative estimate of drug-likeness (QED) is 0.356. The third-order valence-electron chi connectivity index (χ3n) is 4.75. The molecule has 2 rings (SSSR count). The third-order valence-corrected chi connectivity index (χ3v) is 4.75. The molecule has 0 radical (unpaired) electrons. The van der Waals surface area contributed by atoms with E-state index >= 15 is 0 Å². The zero-order chi connectivity index (χ0) is 20.6. The molecular formula is C24H34N2O2+2. The highest BCUT2D eigenvalue weighted by Gasteiger charge is 2.31. The van der Waals surface area contributed by atoms with Crippen molar-refractivity contribution >= 4 is 5.97 Å². The average molecular weight is 383 g/mol. The molecule has 4 heteroatoms. The maximum absolute atomic E-state index is 12.0. The standard InChI is InChI=1S/C24H34N2O2/c1-6-24(27)28-23(19-25(2,3)17-21-13-9-7-10-14-21)20-26(4,5)18-22-15-11-8-12-16-22/h6-16,23H,1,17-20H2,2-5H3/q+2. The molecule has 0 spiro atoms. The van der Waals surface area contributed by atoms with Crippen LogP contribution in [0.25, 0.3) is 0 Å². The minimum atomic E-state index is -0.357. The maximum Gasteiger partial charge on any atom is 0.330 e. The summed E-state index contributed by atoms with van der Waals surface area (Å²) >= 11 is 0. The Kier molecular flexibility index (Phi) is 7.55. The number of esters is 1. The minimum Gasteiger partial charge on any atom is -0.447 e. The number of quaternary nitrogens is 2. The smallest absolute Gasteiger partial charge is 0.330 e. The van der Waals surface area contributed by atoms with Gasteiger partial charge in [-0.1, -0.05) is 67.2 Å². The summed E-state index contributed by atoms with van der Waals surface area (Å²) in [6.07, 6.45) is 1.06.